The normalized spacial score (nSPS) is 10.7. The molecule has 12 heteroatoms. The molecule has 216 valence electrons. The summed E-state index contributed by atoms with van der Waals surface area (Å²) < 4.78 is 5.96. The average molecular weight is 582 g/mol. The molecule has 0 aliphatic carbocycles. The number of benzene rings is 3. The monoisotopic (exact) mass is 581 g/mol. The van der Waals surface area contributed by atoms with Gasteiger partial charge in [-0.15, -0.1) is 0 Å². The molecule has 0 bridgehead atoms. The summed E-state index contributed by atoms with van der Waals surface area (Å²) in [6, 6.07) is 14.5. The van der Waals surface area contributed by atoms with E-state index in [-0.39, 0.29) is 36.9 Å². The Hall–Kier alpha value is -4.61. The lowest BCUT2D eigenvalue weighted by Crippen LogP contribution is -2.18. The third-order valence-electron chi connectivity index (χ3n) is 5.83. The van der Waals surface area contributed by atoms with Crippen LogP contribution in [0.1, 0.15) is 47.3 Å². The molecule has 0 saturated heterocycles. The number of aliphatic hydroxyl groups is 1. The SMILES string of the molecule is CC(C)Oc1cc(NC(=O)CO)cc(CNc2ccc(Cl)cc2C(=O)Nc2ccc(C(=N)N)cc2)c1CCC(=O)O. The first-order valence-electron chi connectivity index (χ1n) is 12.7. The summed E-state index contributed by atoms with van der Waals surface area (Å²) in [7, 11) is 0. The molecule has 41 heavy (non-hydrogen) atoms. The molecule has 0 heterocycles. The molecule has 0 saturated carbocycles. The van der Waals surface area contributed by atoms with Gasteiger partial charge in [0, 0.05) is 46.7 Å². The predicted molar refractivity (Wildman–Crippen MR) is 158 cm³/mol. The fourth-order valence-corrected chi connectivity index (χ4v) is 4.16. The fourth-order valence-electron chi connectivity index (χ4n) is 3.99. The molecule has 0 radical (unpaired) electrons. The first-order chi connectivity index (χ1) is 19.5. The first-order valence-corrected chi connectivity index (χ1v) is 13.1. The topological polar surface area (TPSA) is 187 Å². The number of carbonyl (C=O) groups is 3. The molecular weight excluding hydrogens is 550 g/mol. The number of nitrogens with one attached hydrogen (secondary N) is 4. The second kappa shape index (κ2) is 14.1. The quantitative estimate of drug-likeness (QED) is 0.115. The number of aliphatic hydroxyl groups excluding tert-OH is 1. The fraction of sp³-hybridized carbons (Fsp3) is 0.241. The Morgan fingerprint density at radius 1 is 1.02 bits per heavy atom. The van der Waals surface area contributed by atoms with Crippen LogP contribution in [0.15, 0.2) is 54.6 Å². The van der Waals surface area contributed by atoms with Crippen molar-refractivity contribution in [2.45, 2.75) is 39.3 Å². The minimum Gasteiger partial charge on any atom is -0.491 e. The van der Waals surface area contributed by atoms with Crippen LogP contribution in [0.2, 0.25) is 5.02 Å². The minimum absolute atomic E-state index is 0.0890. The van der Waals surface area contributed by atoms with Crippen LogP contribution in [0.25, 0.3) is 0 Å². The summed E-state index contributed by atoms with van der Waals surface area (Å²) in [4.78, 5) is 36.5. The van der Waals surface area contributed by atoms with Gasteiger partial charge in [0.2, 0.25) is 5.91 Å². The number of nitrogens with two attached hydrogens (primary N) is 1. The van der Waals surface area contributed by atoms with E-state index >= 15 is 0 Å². The van der Waals surface area contributed by atoms with Crippen LogP contribution in [0.5, 0.6) is 5.75 Å². The van der Waals surface area contributed by atoms with Gasteiger partial charge in [-0.3, -0.25) is 19.8 Å². The van der Waals surface area contributed by atoms with Gasteiger partial charge in [0.25, 0.3) is 5.91 Å². The number of ether oxygens (including phenoxy) is 1. The van der Waals surface area contributed by atoms with Crippen LogP contribution in [-0.2, 0) is 22.6 Å². The van der Waals surface area contributed by atoms with E-state index in [9.17, 15) is 24.6 Å². The van der Waals surface area contributed by atoms with Crippen molar-refractivity contribution in [2.75, 3.05) is 22.6 Å². The Kier molecular flexibility index (Phi) is 10.7. The van der Waals surface area contributed by atoms with Gasteiger partial charge in [0.1, 0.15) is 18.2 Å². The molecule has 8 N–H and O–H groups in total. The van der Waals surface area contributed by atoms with E-state index in [4.69, 9.17) is 27.5 Å². The summed E-state index contributed by atoms with van der Waals surface area (Å²) in [6.07, 6.45) is -0.229. The maximum absolute atomic E-state index is 13.2. The Labute approximate surface area is 242 Å². The van der Waals surface area contributed by atoms with Gasteiger partial charge < -0.3 is 36.6 Å². The van der Waals surface area contributed by atoms with Crippen LogP contribution in [0.3, 0.4) is 0 Å². The zero-order chi connectivity index (χ0) is 30.1. The molecule has 3 aromatic carbocycles. The van der Waals surface area contributed by atoms with Crippen molar-refractivity contribution < 1.29 is 29.3 Å². The van der Waals surface area contributed by atoms with E-state index in [0.717, 1.165) is 0 Å². The lowest BCUT2D eigenvalue weighted by atomic mass is 9.99. The van der Waals surface area contributed by atoms with Crippen molar-refractivity contribution in [2.24, 2.45) is 5.73 Å². The number of carboxylic acid groups (broad SMARTS) is 1. The molecule has 2 amide bonds. The molecule has 0 atom stereocenters. The van der Waals surface area contributed by atoms with E-state index in [1.54, 1.807) is 48.5 Å². The molecule has 0 aliphatic heterocycles. The van der Waals surface area contributed by atoms with Crippen LogP contribution in [-0.4, -0.2) is 46.5 Å². The number of amidine groups is 1. The summed E-state index contributed by atoms with van der Waals surface area (Å²) >= 11 is 6.21. The first kappa shape index (κ1) is 30.9. The van der Waals surface area contributed by atoms with E-state index in [1.807, 2.05) is 13.8 Å². The van der Waals surface area contributed by atoms with Crippen molar-refractivity contribution in [3.8, 4) is 5.75 Å². The van der Waals surface area contributed by atoms with Gasteiger partial charge in [-0.2, -0.15) is 0 Å². The molecule has 0 unspecified atom stereocenters. The van der Waals surface area contributed by atoms with Gasteiger partial charge in [-0.1, -0.05) is 11.6 Å². The molecule has 0 aromatic heterocycles. The maximum Gasteiger partial charge on any atom is 0.303 e. The number of rotatable bonds is 13. The third-order valence-corrected chi connectivity index (χ3v) is 6.06. The lowest BCUT2D eigenvalue weighted by molar-refractivity contribution is -0.137. The Balaban J connectivity index is 1.94. The van der Waals surface area contributed by atoms with E-state index in [0.29, 0.717) is 44.5 Å². The van der Waals surface area contributed by atoms with Gasteiger partial charge in [0.05, 0.1) is 11.7 Å². The summed E-state index contributed by atoms with van der Waals surface area (Å²) in [5.41, 5.74) is 8.82. The summed E-state index contributed by atoms with van der Waals surface area (Å²) in [5.74, 6) is -1.73. The van der Waals surface area contributed by atoms with Gasteiger partial charge in [-0.05, 0) is 79.9 Å². The summed E-state index contributed by atoms with van der Waals surface area (Å²) in [5, 5.41) is 35.0. The molecule has 11 nitrogen and oxygen atoms in total. The number of halogens is 1. The van der Waals surface area contributed by atoms with Crippen molar-refractivity contribution in [3.05, 3.63) is 81.9 Å². The van der Waals surface area contributed by atoms with Gasteiger partial charge >= 0.3 is 5.97 Å². The number of nitrogen functional groups attached to an aromatic ring is 1. The van der Waals surface area contributed by atoms with Crippen molar-refractivity contribution in [1.82, 2.24) is 0 Å². The zero-order valence-corrected chi connectivity index (χ0v) is 23.3. The highest BCUT2D eigenvalue weighted by Crippen LogP contribution is 2.31. The molecule has 0 spiro atoms. The zero-order valence-electron chi connectivity index (χ0n) is 22.6. The van der Waals surface area contributed by atoms with E-state index in [2.05, 4.69) is 16.0 Å². The summed E-state index contributed by atoms with van der Waals surface area (Å²) in [6.45, 7) is 3.07. The maximum atomic E-state index is 13.2. The standard InChI is InChI=1S/C29H32ClN5O6/c1-16(2)41-25-13-21(34-26(37)15-36)11-18(22(25)8-10-27(38)39)14-33-24-9-5-19(30)12-23(24)29(40)35-20-6-3-17(4-7-20)28(31)32/h3-7,9,11-13,16,33,36H,8,10,14-15H2,1-2H3,(H3,31,32)(H,34,37)(H,35,40)(H,38,39). The van der Waals surface area contributed by atoms with Gasteiger partial charge in [0.15, 0.2) is 0 Å². The second-order valence-corrected chi connectivity index (χ2v) is 9.80. The predicted octanol–water partition coefficient (Wildman–Crippen LogP) is 4.22. The Bertz CT molecular complexity index is 1440. The Morgan fingerprint density at radius 2 is 1.73 bits per heavy atom. The van der Waals surface area contributed by atoms with Crippen LogP contribution >= 0.6 is 11.6 Å². The van der Waals surface area contributed by atoms with Crippen molar-refractivity contribution in [1.29, 1.82) is 5.41 Å². The van der Waals surface area contributed by atoms with Gasteiger partial charge in [-0.25, -0.2) is 0 Å². The number of hydrogen-bond acceptors (Lipinski definition) is 7. The molecule has 3 rings (SSSR count). The number of carboxylic acids is 1. The third kappa shape index (κ3) is 8.95. The highest BCUT2D eigenvalue weighted by Gasteiger charge is 2.18. The number of carbonyl (C=O) groups excluding carboxylic acids is 2. The number of aliphatic carboxylic acids is 1. The van der Waals surface area contributed by atoms with Crippen LogP contribution in [0, 0.1) is 5.41 Å². The lowest BCUT2D eigenvalue weighted by Gasteiger charge is -2.21. The largest absolute Gasteiger partial charge is 0.491 e. The molecule has 0 aliphatic rings. The smallest absolute Gasteiger partial charge is 0.303 e. The van der Waals surface area contributed by atoms with E-state index < -0.39 is 24.4 Å². The molecule has 0 fully saturated rings. The van der Waals surface area contributed by atoms with Crippen LogP contribution in [0.4, 0.5) is 17.1 Å². The van der Waals surface area contributed by atoms with Crippen LogP contribution < -0.4 is 26.4 Å². The number of hydrogen-bond donors (Lipinski definition) is 7. The number of amides is 2. The van der Waals surface area contributed by atoms with Crippen molar-refractivity contribution in [3.63, 3.8) is 0 Å². The molecule has 3 aromatic rings. The van der Waals surface area contributed by atoms with Crippen molar-refractivity contribution >= 4 is 52.3 Å². The highest BCUT2D eigenvalue weighted by atomic mass is 35.5. The molecular formula is C29H32ClN5O6. The highest BCUT2D eigenvalue weighted by molar-refractivity contribution is 6.31. The average Bonchev–Trinajstić information content (AvgIpc) is 2.91. The minimum atomic E-state index is -0.981. The number of anilines is 3. The van der Waals surface area contributed by atoms with E-state index in [1.165, 1.54) is 6.07 Å². The second-order valence-electron chi connectivity index (χ2n) is 9.37. The Morgan fingerprint density at radius 3 is 2.34 bits per heavy atom.